The normalized spacial score (nSPS) is 24.5. The van der Waals surface area contributed by atoms with Crippen LogP contribution in [0.3, 0.4) is 0 Å². The number of piperazine rings is 1. The van der Waals surface area contributed by atoms with Crippen molar-refractivity contribution in [3.05, 3.63) is 48.6 Å². The highest BCUT2D eigenvalue weighted by Crippen LogP contribution is 2.35. The van der Waals surface area contributed by atoms with Crippen molar-refractivity contribution in [3.63, 3.8) is 0 Å². The summed E-state index contributed by atoms with van der Waals surface area (Å²) in [6, 6.07) is 10.2. The topological polar surface area (TPSA) is 40.6 Å². The van der Waals surface area contributed by atoms with E-state index in [9.17, 15) is 9.59 Å². The summed E-state index contributed by atoms with van der Waals surface area (Å²) in [4.78, 5) is 28.6. The predicted octanol–water partition coefficient (Wildman–Crippen LogP) is 2.01. The summed E-state index contributed by atoms with van der Waals surface area (Å²) in [6.45, 7) is 5.34. The van der Waals surface area contributed by atoms with Gasteiger partial charge in [0.15, 0.2) is 0 Å². The molecule has 1 aromatic carbocycles. The second-order valence-corrected chi connectivity index (χ2v) is 6.09. The number of rotatable bonds is 5. The smallest absolute Gasteiger partial charge is 0.253 e. The third kappa shape index (κ3) is 2.43. The predicted molar refractivity (Wildman–Crippen MR) is 85.2 cm³/mol. The van der Waals surface area contributed by atoms with Crippen LogP contribution in [0, 0.1) is 0 Å². The van der Waals surface area contributed by atoms with E-state index in [2.05, 4.69) is 18.7 Å². The van der Waals surface area contributed by atoms with Gasteiger partial charge >= 0.3 is 0 Å². The summed E-state index contributed by atoms with van der Waals surface area (Å²) < 4.78 is 0. The number of aryl methyl sites for hydroxylation is 1. The first kappa shape index (κ1) is 14.8. The minimum Gasteiger partial charge on any atom is -0.331 e. The van der Waals surface area contributed by atoms with E-state index in [1.165, 1.54) is 5.56 Å². The average Bonchev–Trinajstić information content (AvgIpc) is 2.99. The maximum absolute atomic E-state index is 12.8. The molecule has 0 N–H and O–H groups in total. The van der Waals surface area contributed by atoms with Gasteiger partial charge in [0.2, 0.25) is 5.91 Å². The molecule has 2 fully saturated rings. The van der Waals surface area contributed by atoms with E-state index >= 15 is 0 Å². The summed E-state index contributed by atoms with van der Waals surface area (Å²) in [5.41, 5.74) is 0.487. The summed E-state index contributed by atoms with van der Waals surface area (Å²) >= 11 is 0. The Balaban J connectivity index is 1.65. The molecule has 116 valence electrons. The molecular formula is C18H22N2O2. The van der Waals surface area contributed by atoms with Gasteiger partial charge in [0.25, 0.3) is 5.91 Å². The van der Waals surface area contributed by atoms with E-state index in [1.807, 2.05) is 18.2 Å². The van der Waals surface area contributed by atoms with Gasteiger partial charge in [-0.15, -0.1) is 6.58 Å². The Morgan fingerprint density at radius 1 is 1.23 bits per heavy atom. The zero-order valence-electron chi connectivity index (χ0n) is 12.8. The molecule has 3 rings (SSSR count). The lowest BCUT2D eigenvalue weighted by Crippen LogP contribution is -2.64. The third-order valence-electron chi connectivity index (χ3n) is 4.78. The number of hydrogen-bond donors (Lipinski definition) is 0. The fraction of sp³-hybridized carbons (Fsp3) is 0.444. The lowest BCUT2D eigenvalue weighted by molar-refractivity contribution is -0.158. The van der Waals surface area contributed by atoms with E-state index in [1.54, 1.807) is 15.9 Å². The number of carbonyl (C=O) groups is 2. The van der Waals surface area contributed by atoms with Gasteiger partial charge in [0, 0.05) is 13.1 Å². The van der Waals surface area contributed by atoms with E-state index in [4.69, 9.17) is 0 Å². The average molecular weight is 298 g/mol. The van der Waals surface area contributed by atoms with E-state index in [-0.39, 0.29) is 18.4 Å². The lowest BCUT2D eigenvalue weighted by Gasteiger charge is -2.43. The van der Waals surface area contributed by atoms with Crippen LogP contribution in [0.25, 0.3) is 0 Å². The Morgan fingerprint density at radius 2 is 2.00 bits per heavy atom. The molecule has 2 saturated heterocycles. The Kier molecular flexibility index (Phi) is 4.01. The van der Waals surface area contributed by atoms with E-state index in [0.29, 0.717) is 19.5 Å². The molecule has 0 radical (unpaired) electrons. The van der Waals surface area contributed by atoms with Gasteiger partial charge in [-0.05, 0) is 31.2 Å². The molecule has 0 aliphatic carbocycles. The summed E-state index contributed by atoms with van der Waals surface area (Å²) in [7, 11) is 0. The molecule has 2 amide bonds. The van der Waals surface area contributed by atoms with Crippen LogP contribution < -0.4 is 0 Å². The highest BCUT2D eigenvalue weighted by atomic mass is 16.2. The van der Waals surface area contributed by atoms with Crippen LogP contribution in [0.2, 0.25) is 0 Å². The molecule has 22 heavy (non-hydrogen) atoms. The molecule has 0 spiro atoms. The molecule has 1 aromatic rings. The standard InChI is InChI=1S/C18H22N2O2/c1-2-18-11-7-13-20(18)16(21)14-19(17(18)22)12-6-10-15-8-4-3-5-9-15/h2-5,8-9H,1,6-7,10-14H2. The van der Waals surface area contributed by atoms with Crippen LogP contribution in [0.1, 0.15) is 24.8 Å². The number of fused-ring (bicyclic) bond motifs is 1. The Morgan fingerprint density at radius 3 is 2.73 bits per heavy atom. The van der Waals surface area contributed by atoms with E-state index in [0.717, 1.165) is 19.3 Å². The second-order valence-electron chi connectivity index (χ2n) is 6.09. The van der Waals surface area contributed by atoms with E-state index < -0.39 is 5.54 Å². The molecular weight excluding hydrogens is 276 g/mol. The fourth-order valence-corrected chi connectivity index (χ4v) is 3.60. The molecule has 1 atom stereocenters. The van der Waals surface area contributed by atoms with Gasteiger partial charge in [0.05, 0.1) is 6.54 Å². The van der Waals surface area contributed by atoms with Crippen LogP contribution in [0.5, 0.6) is 0 Å². The molecule has 0 aromatic heterocycles. The van der Waals surface area contributed by atoms with Crippen LogP contribution in [0.15, 0.2) is 43.0 Å². The number of amides is 2. The number of nitrogens with zero attached hydrogens (tertiary/aromatic N) is 2. The fourth-order valence-electron chi connectivity index (χ4n) is 3.60. The van der Waals surface area contributed by atoms with Crippen LogP contribution in [0.4, 0.5) is 0 Å². The van der Waals surface area contributed by atoms with Gasteiger partial charge in [-0.2, -0.15) is 0 Å². The molecule has 2 aliphatic heterocycles. The lowest BCUT2D eigenvalue weighted by atomic mass is 9.91. The summed E-state index contributed by atoms with van der Waals surface area (Å²) in [6.07, 6.45) is 5.04. The first-order valence-electron chi connectivity index (χ1n) is 7.95. The van der Waals surface area contributed by atoms with Gasteiger partial charge in [-0.25, -0.2) is 0 Å². The Labute approximate surface area is 131 Å². The number of benzene rings is 1. The molecule has 1 unspecified atom stereocenters. The van der Waals surface area contributed by atoms with Crippen LogP contribution >= 0.6 is 0 Å². The zero-order valence-corrected chi connectivity index (χ0v) is 12.8. The van der Waals surface area contributed by atoms with Gasteiger partial charge in [-0.1, -0.05) is 36.4 Å². The molecule has 0 saturated carbocycles. The van der Waals surface area contributed by atoms with Crippen LogP contribution in [-0.4, -0.2) is 46.8 Å². The van der Waals surface area contributed by atoms with Crippen molar-refractivity contribution in [3.8, 4) is 0 Å². The SMILES string of the molecule is C=CC12CCCN1C(=O)CN(CCCc1ccccc1)C2=O. The van der Waals surface area contributed by atoms with Crippen LogP contribution in [-0.2, 0) is 16.0 Å². The summed E-state index contributed by atoms with van der Waals surface area (Å²) in [5.74, 6) is 0.101. The minimum absolute atomic E-state index is 0.0488. The monoisotopic (exact) mass is 298 g/mol. The Hall–Kier alpha value is -2.10. The largest absolute Gasteiger partial charge is 0.331 e. The maximum Gasteiger partial charge on any atom is 0.253 e. The quantitative estimate of drug-likeness (QED) is 0.780. The highest BCUT2D eigenvalue weighted by molar-refractivity contribution is 6.00. The van der Waals surface area contributed by atoms with Gasteiger partial charge < -0.3 is 9.80 Å². The van der Waals surface area contributed by atoms with Crippen molar-refractivity contribution in [2.45, 2.75) is 31.2 Å². The van der Waals surface area contributed by atoms with Crippen molar-refractivity contribution in [2.75, 3.05) is 19.6 Å². The minimum atomic E-state index is -0.776. The molecule has 0 bridgehead atoms. The molecule has 4 nitrogen and oxygen atoms in total. The van der Waals surface area contributed by atoms with Crippen molar-refractivity contribution < 1.29 is 9.59 Å². The number of carbonyl (C=O) groups excluding carboxylic acids is 2. The van der Waals surface area contributed by atoms with Crippen molar-refractivity contribution in [1.82, 2.24) is 9.80 Å². The van der Waals surface area contributed by atoms with Gasteiger partial charge in [-0.3, -0.25) is 9.59 Å². The van der Waals surface area contributed by atoms with Crippen molar-refractivity contribution in [1.29, 1.82) is 0 Å². The molecule has 4 heteroatoms. The highest BCUT2D eigenvalue weighted by Gasteiger charge is 2.52. The zero-order chi connectivity index (χ0) is 15.6. The Bertz CT molecular complexity index is 584. The molecule has 2 heterocycles. The van der Waals surface area contributed by atoms with Gasteiger partial charge in [0.1, 0.15) is 5.54 Å². The third-order valence-corrected chi connectivity index (χ3v) is 4.78. The first-order valence-corrected chi connectivity index (χ1v) is 7.95. The van der Waals surface area contributed by atoms with Crippen molar-refractivity contribution >= 4 is 11.8 Å². The first-order chi connectivity index (χ1) is 10.7. The van der Waals surface area contributed by atoms with Crippen molar-refractivity contribution in [2.24, 2.45) is 0 Å². The summed E-state index contributed by atoms with van der Waals surface area (Å²) in [5, 5.41) is 0. The number of hydrogen-bond acceptors (Lipinski definition) is 2. The maximum atomic E-state index is 12.8. The second kappa shape index (κ2) is 5.95. The molecule has 2 aliphatic rings.